The zero-order chi connectivity index (χ0) is 20.8. The van der Waals surface area contributed by atoms with Crippen LogP contribution in [0.15, 0.2) is 54.3 Å². The Morgan fingerprint density at radius 2 is 1.68 bits per heavy atom. The Kier molecular flexibility index (Phi) is 5.26. The minimum absolute atomic E-state index is 0.0483. The summed E-state index contributed by atoms with van der Waals surface area (Å²) in [6, 6.07) is 10.7. The van der Waals surface area contributed by atoms with Crippen LogP contribution in [0.1, 0.15) is 31.9 Å². The average molecular weight is 415 g/mol. The van der Waals surface area contributed by atoms with Crippen LogP contribution in [0.4, 0.5) is 0 Å². The molecule has 3 nitrogen and oxygen atoms in total. The lowest BCUT2D eigenvalue weighted by Gasteiger charge is -2.30. The van der Waals surface area contributed by atoms with E-state index < -0.39 is 17.0 Å². The summed E-state index contributed by atoms with van der Waals surface area (Å²) < 4.78 is 0. The van der Waals surface area contributed by atoms with Crippen molar-refractivity contribution >= 4 is 40.3 Å². The molecule has 0 unspecified atom stereocenters. The summed E-state index contributed by atoms with van der Waals surface area (Å²) in [6.45, 7) is 8.76. The Bertz CT molecular complexity index is 1060. The van der Waals surface area contributed by atoms with Gasteiger partial charge in [-0.25, -0.2) is 0 Å². The molecule has 1 N–H and O–H groups in total. The van der Waals surface area contributed by atoms with Crippen molar-refractivity contribution in [3.05, 3.63) is 75.5 Å². The van der Waals surface area contributed by atoms with Gasteiger partial charge in [-0.05, 0) is 61.2 Å². The van der Waals surface area contributed by atoms with Gasteiger partial charge in [0.15, 0.2) is 11.6 Å². The summed E-state index contributed by atoms with van der Waals surface area (Å²) in [5.74, 6) is -1.25. The van der Waals surface area contributed by atoms with Crippen molar-refractivity contribution in [3.63, 3.8) is 0 Å². The van der Waals surface area contributed by atoms with Crippen molar-refractivity contribution in [1.82, 2.24) is 0 Å². The lowest BCUT2D eigenvalue weighted by atomic mass is 9.70. The standard InChI is InChI=1S/C23H20Cl2O3/c1-5-13-6-7-14(16-11-15(24)8-9-18(16)25)10-17(13)19-20(26)12(2)21(27)23(3,4)22(19)28/h6-11,26H,2,5H2,1,3-4H3. The first kappa shape index (κ1) is 20.4. The second-order valence-corrected chi connectivity index (χ2v) is 8.18. The zero-order valence-electron chi connectivity index (χ0n) is 15.9. The topological polar surface area (TPSA) is 54.4 Å². The predicted molar refractivity (Wildman–Crippen MR) is 114 cm³/mol. The second-order valence-electron chi connectivity index (χ2n) is 7.34. The molecule has 0 saturated heterocycles. The van der Waals surface area contributed by atoms with E-state index in [1.165, 1.54) is 0 Å². The minimum Gasteiger partial charge on any atom is -0.506 e. The number of carbonyl (C=O) groups is 2. The highest BCUT2D eigenvalue weighted by Crippen LogP contribution is 2.41. The average Bonchev–Trinajstić information content (AvgIpc) is 2.67. The second kappa shape index (κ2) is 7.23. The molecular formula is C23H20Cl2O3. The third kappa shape index (κ3) is 3.19. The first-order valence-corrected chi connectivity index (χ1v) is 9.66. The Morgan fingerprint density at radius 1 is 1.00 bits per heavy atom. The van der Waals surface area contributed by atoms with Gasteiger partial charge in [0.25, 0.3) is 0 Å². The van der Waals surface area contributed by atoms with E-state index >= 15 is 0 Å². The van der Waals surface area contributed by atoms with Crippen LogP contribution in [-0.4, -0.2) is 16.7 Å². The molecule has 0 aromatic heterocycles. The van der Waals surface area contributed by atoms with Gasteiger partial charge in [-0.3, -0.25) is 9.59 Å². The fourth-order valence-electron chi connectivity index (χ4n) is 3.41. The number of rotatable bonds is 3. The highest BCUT2D eigenvalue weighted by Gasteiger charge is 2.46. The Labute approximate surface area is 174 Å². The molecule has 0 atom stereocenters. The van der Waals surface area contributed by atoms with Crippen molar-refractivity contribution in [2.24, 2.45) is 5.41 Å². The van der Waals surface area contributed by atoms with Gasteiger partial charge in [-0.15, -0.1) is 0 Å². The largest absolute Gasteiger partial charge is 0.506 e. The maximum Gasteiger partial charge on any atom is 0.180 e. The fraction of sp³-hybridized carbons (Fsp3) is 0.217. The fourth-order valence-corrected chi connectivity index (χ4v) is 3.81. The predicted octanol–water partition coefficient (Wildman–Crippen LogP) is 6.23. The molecule has 0 fully saturated rings. The van der Waals surface area contributed by atoms with Crippen LogP contribution in [-0.2, 0) is 16.0 Å². The molecule has 3 rings (SSSR count). The molecule has 0 spiro atoms. The van der Waals surface area contributed by atoms with E-state index in [2.05, 4.69) is 6.58 Å². The Balaban J connectivity index is 2.29. The number of ketones is 2. The summed E-state index contributed by atoms with van der Waals surface area (Å²) in [5.41, 5.74) is 1.70. The number of hydrogen-bond acceptors (Lipinski definition) is 3. The summed E-state index contributed by atoms with van der Waals surface area (Å²) in [5, 5.41) is 11.7. The van der Waals surface area contributed by atoms with Crippen molar-refractivity contribution in [3.8, 4) is 11.1 Å². The number of benzene rings is 2. The zero-order valence-corrected chi connectivity index (χ0v) is 17.4. The molecule has 1 aliphatic carbocycles. The van der Waals surface area contributed by atoms with Gasteiger partial charge in [0.2, 0.25) is 0 Å². The van der Waals surface area contributed by atoms with Gasteiger partial charge in [-0.2, -0.15) is 0 Å². The number of allylic oxidation sites excluding steroid dienone is 2. The number of aliphatic hydroxyl groups excluding tert-OH is 1. The van der Waals surface area contributed by atoms with E-state index in [0.717, 1.165) is 16.7 Å². The van der Waals surface area contributed by atoms with E-state index in [4.69, 9.17) is 23.2 Å². The van der Waals surface area contributed by atoms with E-state index in [0.29, 0.717) is 22.0 Å². The van der Waals surface area contributed by atoms with Gasteiger partial charge in [0.1, 0.15) is 5.76 Å². The van der Waals surface area contributed by atoms with Crippen molar-refractivity contribution in [2.45, 2.75) is 27.2 Å². The van der Waals surface area contributed by atoms with Crippen LogP contribution in [0.2, 0.25) is 10.0 Å². The molecule has 5 heteroatoms. The molecule has 0 radical (unpaired) electrons. The minimum atomic E-state index is -1.28. The third-order valence-corrected chi connectivity index (χ3v) is 5.72. The number of carbonyl (C=O) groups excluding carboxylic acids is 2. The van der Waals surface area contributed by atoms with Gasteiger partial charge in [0.05, 0.1) is 16.6 Å². The molecule has 2 aromatic rings. The van der Waals surface area contributed by atoms with E-state index in [-0.39, 0.29) is 16.9 Å². The first-order valence-electron chi connectivity index (χ1n) is 8.90. The number of aryl methyl sites for hydroxylation is 1. The van der Waals surface area contributed by atoms with Crippen LogP contribution >= 0.6 is 23.2 Å². The Morgan fingerprint density at radius 3 is 2.32 bits per heavy atom. The number of aliphatic hydroxyl groups is 1. The number of hydrogen-bond donors (Lipinski definition) is 1. The van der Waals surface area contributed by atoms with Crippen molar-refractivity contribution < 1.29 is 14.7 Å². The van der Waals surface area contributed by atoms with Crippen LogP contribution in [0.3, 0.4) is 0 Å². The summed E-state index contributed by atoms with van der Waals surface area (Å²) >= 11 is 12.5. The normalized spacial score (nSPS) is 16.7. The lowest BCUT2D eigenvalue weighted by Crippen LogP contribution is -2.39. The van der Waals surface area contributed by atoms with Gasteiger partial charge in [0, 0.05) is 15.6 Å². The first-order chi connectivity index (χ1) is 13.1. The van der Waals surface area contributed by atoms with E-state index in [1.807, 2.05) is 19.1 Å². The van der Waals surface area contributed by atoms with Crippen LogP contribution in [0, 0.1) is 5.41 Å². The van der Waals surface area contributed by atoms with Crippen LogP contribution in [0.25, 0.3) is 16.7 Å². The van der Waals surface area contributed by atoms with Crippen molar-refractivity contribution in [1.29, 1.82) is 0 Å². The maximum absolute atomic E-state index is 13.1. The van der Waals surface area contributed by atoms with E-state index in [1.54, 1.807) is 38.1 Å². The summed E-state index contributed by atoms with van der Waals surface area (Å²) in [7, 11) is 0. The molecule has 0 bridgehead atoms. The van der Waals surface area contributed by atoms with Crippen LogP contribution < -0.4 is 0 Å². The van der Waals surface area contributed by atoms with Gasteiger partial charge < -0.3 is 5.11 Å². The Hall–Kier alpha value is -2.36. The number of Topliss-reactive ketones (excluding diaryl/α,β-unsaturated/α-hetero) is 2. The van der Waals surface area contributed by atoms with Gasteiger partial charge >= 0.3 is 0 Å². The SMILES string of the molecule is C=C1C(=O)C(C)(C)C(=O)C(c2cc(-c3cc(Cl)ccc3Cl)ccc2CC)=C1O. The smallest absolute Gasteiger partial charge is 0.180 e. The molecule has 144 valence electrons. The molecular weight excluding hydrogens is 395 g/mol. The molecule has 0 saturated carbocycles. The molecule has 28 heavy (non-hydrogen) atoms. The summed E-state index contributed by atoms with van der Waals surface area (Å²) in [4.78, 5) is 25.5. The monoisotopic (exact) mass is 414 g/mol. The van der Waals surface area contributed by atoms with Crippen LogP contribution in [0.5, 0.6) is 0 Å². The third-order valence-electron chi connectivity index (χ3n) is 5.16. The number of halogens is 2. The maximum atomic E-state index is 13.1. The molecule has 0 aliphatic heterocycles. The molecule has 2 aromatic carbocycles. The quantitative estimate of drug-likeness (QED) is 0.478. The molecule has 0 amide bonds. The molecule has 1 aliphatic rings. The molecule has 0 heterocycles. The highest BCUT2D eigenvalue weighted by molar-refractivity contribution is 6.37. The van der Waals surface area contributed by atoms with E-state index in [9.17, 15) is 14.7 Å². The lowest BCUT2D eigenvalue weighted by molar-refractivity contribution is -0.133. The van der Waals surface area contributed by atoms with Gasteiger partial charge in [-0.1, -0.05) is 48.8 Å². The highest BCUT2D eigenvalue weighted by atomic mass is 35.5. The van der Waals surface area contributed by atoms with Crippen molar-refractivity contribution in [2.75, 3.05) is 0 Å². The summed E-state index contributed by atoms with van der Waals surface area (Å²) in [6.07, 6.45) is 0.643.